The van der Waals surface area contributed by atoms with Crippen molar-refractivity contribution in [3.8, 4) is 11.5 Å². The van der Waals surface area contributed by atoms with Gasteiger partial charge in [0.1, 0.15) is 24.1 Å². The Balaban J connectivity index is 1.50. The molecular weight excluding hydrogens is 406 g/mol. The van der Waals surface area contributed by atoms with Crippen LogP contribution in [0.2, 0.25) is 0 Å². The van der Waals surface area contributed by atoms with Gasteiger partial charge in [-0.2, -0.15) is 0 Å². The average Bonchev–Trinajstić information content (AvgIpc) is 2.82. The van der Waals surface area contributed by atoms with Gasteiger partial charge in [-0.3, -0.25) is 14.6 Å². The van der Waals surface area contributed by atoms with Crippen LogP contribution in [-0.2, 0) is 16.2 Å². The van der Waals surface area contributed by atoms with Gasteiger partial charge in [0.05, 0.1) is 12.8 Å². The number of nitrogens with one attached hydrogen (secondary N) is 2. The van der Waals surface area contributed by atoms with E-state index >= 15 is 0 Å². The first-order chi connectivity index (χ1) is 15.5. The topological polar surface area (TPSA) is 89.5 Å². The summed E-state index contributed by atoms with van der Waals surface area (Å²) in [7, 11) is 1.59. The minimum absolute atomic E-state index is 0.325. The highest BCUT2D eigenvalue weighted by molar-refractivity contribution is 5.99. The first kappa shape index (κ1) is 22.6. The number of pyridine rings is 1. The van der Waals surface area contributed by atoms with Gasteiger partial charge in [0, 0.05) is 24.0 Å². The lowest BCUT2D eigenvalue weighted by Gasteiger charge is -2.14. The number of hydrogen-bond donors (Lipinski definition) is 2. The van der Waals surface area contributed by atoms with Gasteiger partial charge in [-0.25, -0.2) is 0 Å². The van der Waals surface area contributed by atoms with Gasteiger partial charge in [-0.15, -0.1) is 0 Å². The first-order valence-electron chi connectivity index (χ1n) is 10.1. The molecule has 1 aromatic heterocycles. The summed E-state index contributed by atoms with van der Waals surface area (Å²) in [6.07, 6.45) is 4.76. The third-order valence-electron chi connectivity index (χ3n) is 4.51. The van der Waals surface area contributed by atoms with Crippen molar-refractivity contribution in [1.82, 2.24) is 10.3 Å². The molecule has 7 heteroatoms. The molecule has 0 aliphatic heterocycles. The minimum atomic E-state index is -0.721. The molecule has 2 aromatic carbocycles. The number of rotatable bonds is 9. The predicted octanol–water partition coefficient (Wildman–Crippen LogP) is 3.83. The van der Waals surface area contributed by atoms with Crippen LogP contribution in [0.3, 0.4) is 0 Å². The number of carbonyl (C=O) groups is 2. The van der Waals surface area contributed by atoms with Crippen molar-refractivity contribution in [3.63, 3.8) is 0 Å². The first-order valence-corrected chi connectivity index (χ1v) is 10.1. The summed E-state index contributed by atoms with van der Waals surface area (Å²) < 4.78 is 10.8. The van der Waals surface area contributed by atoms with Crippen LogP contribution in [-0.4, -0.2) is 29.9 Å². The van der Waals surface area contributed by atoms with Crippen molar-refractivity contribution in [1.29, 1.82) is 0 Å². The van der Waals surface area contributed by atoms with Crippen molar-refractivity contribution in [2.75, 3.05) is 12.4 Å². The van der Waals surface area contributed by atoms with Crippen LogP contribution in [0.25, 0.3) is 6.08 Å². The highest BCUT2D eigenvalue weighted by atomic mass is 16.5. The van der Waals surface area contributed by atoms with Gasteiger partial charge in [0.25, 0.3) is 0 Å². The van der Waals surface area contributed by atoms with E-state index in [1.165, 1.54) is 6.08 Å². The van der Waals surface area contributed by atoms with Gasteiger partial charge in [-0.05, 0) is 55.0 Å². The van der Waals surface area contributed by atoms with Crippen molar-refractivity contribution in [3.05, 3.63) is 90.3 Å². The molecule has 0 aliphatic carbocycles. The summed E-state index contributed by atoms with van der Waals surface area (Å²) in [6.45, 7) is 1.95. The quantitative estimate of drug-likeness (QED) is 0.503. The molecule has 0 aliphatic rings. The molecule has 32 heavy (non-hydrogen) atoms. The standard InChI is InChI=1S/C25H25N3O4/c1-18(27-24(29)14-11-19-9-12-22(31-2)13-10-19)25(30)28-20-7-5-8-23(16-20)32-17-21-6-3-4-15-26-21/h3-16,18H,17H2,1-2H3,(H,27,29)(H,28,30)/b14-11+. The Morgan fingerprint density at radius 2 is 1.84 bits per heavy atom. The van der Waals surface area contributed by atoms with E-state index < -0.39 is 6.04 Å². The van der Waals surface area contributed by atoms with Crippen LogP contribution in [0, 0.1) is 0 Å². The fraction of sp³-hybridized carbons (Fsp3) is 0.160. The molecule has 2 N–H and O–H groups in total. The second-order valence-electron chi connectivity index (χ2n) is 6.96. The number of carbonyl (C=O) groups excluding carboxylic acids is 2. The smallest absolute Gasteiger partial charge is 0.246 e. The van der Waals surface area contributed by atoms with Gasteiger partial charge in [0.2, 0.25) is 11.8 Å². The SMILES string of the molecule is COc1ccc(/C=C/C(=O)NC(C)C(=O)Nc2cccc(OCc3ccccn3)c2)cc1. The third-order valence-corrected chi connectivity index (χ3v) is 4.51. The molecule has 0 bridgehead atoms. The zero-order chi connectivity index (χ0) is 22.8. The molecule has 1 heterocycles. The van der Waals surface area contributed by atoms with Crippen LogP contribution in [0.5, 0.6) is 11.5 Å². The minimum Gasteiger partial charge on any atom is -0.497 e. The van der Waals surface area contributed by atoms with E-state index in [1.54, 1.807) is 50.6 Å². The Hall–Kier alpha value is -4.13. The Morgan fingerprint density at radius 3 is 2.56 bits per heavy atom. The summed E-state index contributed by atoms with van der Waals surface area (Å²) >= 11 is 0. The largest absolute Gasteiger partial charge is 0.497 e. The van der Waals surface area contributed by atoms with E-state index in [0.717, 1.165) is 17.0 Å². The normalized spacial score (nSPS) is 11.6. The van der Waals surface area contributed by atoms with Gasteiger partial charge >= 0.3 is 0 Å². The molecule has 0 radical (unpaired) electrons. The molecule has 2 amide bonds. The van der Waals surface area contributed by atoms with Crippen molar-refractivity contribution >= 4 is 23.6 Å². The lowest BCUT2D eigenvalue weighted by atomic mass is 10.2. The van der Waals surface area contributed by atoms with E-state index in [0.29, 0.717) is 18.0 Å². The fourth-order valence-corrected chi connectivity index (χ4v) is 2.77. The van der Waals surface area contributed by atoms with Gasteiger partial charge in [0.15, 0.2) is 0 Å². The Bertz CT molecular complexity index is 1070. The molecule has 164 valence electrons. The monoisotopic (exact) mass is 431 g/mol. The number of ether oxygens (including phenoxy) is 2. The summed E-state index contributed by atoms with van der Waals surface area (Å²) in [6, 6.07) is 19.2. The van der Waals surface area contributed by atoms with Crippen LogP contribution < -0.4 is 20.1 Å². The summed E-state index contributed by atoms with van der Waals surface area (Å²) in [5, 5.41) is 5.44. The molecule has 0 saturated heterocycles. The van der Waals surface area contributed by atoms with Crippen LogP contribution >= 0.6 is 0 Å². The fourth-order valence-electron chi connectivity index (χ4n) is 2.77. The Kier molecular flexibility index (Phi) is 7.97. The summed E-state index contributed by atoms with van der Waals surface area (Å²) in [4.78, 5) is 28.8. The van der Waals surface area contributed by atoms with Crippen molar-refractivity contribution in [2.45, 2.75) is 19.6 Å². The maximum Gasteiger partial charge on any atom is 0.246 e. The van der Waals surface area contributed by atoms with Gasteiger partial charge in [-0.1, -0.05) is 24.3 Å². The second kappa shape index (κ2) is 11.3. The zero-order valence-electron chi connectivity index (χ0n) is 17.9. The molecule has 0 fully saturated rings. The van der Waals surface area contributed by atoms with E-state index in [-0.39, 0.29) is 11.8 Å². The third kappa shape index (κ3) is 6.98. The summed E-state index contributed by atoms with van der Waals surface area (Å²) in [5.41, 5.74) is 2.23. The van der Waals surface area contributed by atoms with Crippen LogP contribution in [0.15, 0.2) is 79.0 Å². The van der Waals surface area contributed by atoms with E-state index in [1.807, 2.05) is 42.5 Å². The molecular formula is C25H25N3O4. The van der Waals surface area contributed by atoms with E-state index in [2.05, 4.69) is 15.6 Å². The number of anilines is 1. The predicted molar refractivity (Wildman–Crippen MR) is 123 cm³/mol. The Morgan fingerprint density at radius 1 is 1.03 bits per heavy atom. The lowest BCUT2D eigenvalue weighted by Crippen LogP contribution is -2.40. The number of aromatic nitrogens is 1. The lowest BCUT2D eigenvalue weighted by molar-refractivity contribution is -0.123. The maximum absolute atomic E-state index is 12.5. The van der Waals surface area contributed by atoms with Crippen LogP contribution in [0.4, 0.5) is 5.69 Å². The van der Waals surface area contributed by atoms with E-state index in [9.17, 15) is 9.59 Å². The Labute approximate surface area is 187 Å². The second-order valence-corrected chi connectivity index (χ2v) is 6.96. The number of nitrogens with zero attached hydrogens (tertiary/aromatic N) is 1. The maximum atomic E-state index is 12.5. The van der Waals surface area contributed by atoms with Crippen molar-refractivity contribution < 1.29 is 19.1 Å². The highest BCUT2D eigenvalue weighted by Gasteiger charge is 2.14. The van der Waals surface area contributed by atoms with Gasteiger partial charge < -0.3 is 20.1 Å². The molecule has 1 unspecified atom stereocenters. The molecule has 3 rings (SSSR count). The number of methoxy groups -OCH3 is 1. The average molecular weight is 431 g/mol. The van der Waals surface area contributed by atoms with Crippen LogP contribution in [0.1, 0.15) is 18.2 Å². The summed E-state index contributed by atoms with van der Waals surface area (Å²) in [5.74, 6) is 0.643. The molecule has 0 spiro atoms. The molecule has 0 saturated carbocycles. The zero-order valence-corrected chi connectivity index (χ0v) is 17.9. The highest BCUT2D eigenvalue weighted by Crippen LogP contribution is 2.18. The van der Waals surface area contributed by atoms with E-state index in [4.69, 9.17) is 9.47 Å². The number of benzene rings is 2. The number of hydrogen-bond acceptors (Lipinski definition) is 5. The molecule has 1 atom stereocenters. The van der Waals surface area contributed by atoms with Crippen molar-refractivity contribution in [2.24, 2.45) is 0 Å². The number of amides is 2. The molecule has 3 aromatic rings. The molecule has 7 nitrogen and oxygen atoms in total.